The molecule has 2 aromatic rings. The highest BCUT2D eigenvalue weighted by Crippen LogP contribution is 2.22. The largest absolute Gasteiger partial charge is 0.457 e. The van der Waals surface area contributed by atoms with Gasteiger partial charge in [0.25, 0.3) is 0 Å². The highest BCUT2D eigenvalue weighted by atomic mass is 16.5. The maximum absolute atomic E-state index is 12.4. The van der Waals surface area contributed by atoms with E-state index in [4.69, 9.17) is 4.74 Å². The second-order valence-corrected chi connectivity index (χ2v) is 8.36. The third kappa shape index (κ3) is 10.6. The summed E-state index contributed by atoms with van der Waals surface area (Å²) in [6, 6.07) is 17.2. The summed E-state index contributed by atoms with van der Waals surface area (Å²) in [6.07, 6.45) is 17.9. The predicted octanol–water partition coefficient (Wildman–Crippen LogP) is 9.14. The summed E-state index contributed by atoms with van der Waals surface area (Å²) >= 11 is 0. The van der Waals surface area contributed by atoms with Gasteiger partial charge in [-0.2, -0.15) is 0 Å². The summed E-state index contributed by atoms with van der Waals surface area (Å²) in [5.74, 6) is 1.81. The molecule has 0 aliphatic rings. The molecule has 30 heavy (non-hydrogen) atoms. The molecule has 0 fully saturated rings. The van der Waals surface area contributed by atoms with E-state index in [0.29, 0.717) is 6.42 Å². The van der Waals surface area contributed by atoms with E-state index in [1.807, 2.05) is 54.6 Å². The summed E-state index contributed by atoms with van der Waals surface area (Å²) in [6.45, 7) is 2.27. The van der Waals surface area contributed by atoms with Crippen LogP contribution in [0.2, 0.25) is 0 Å². The van der Waals surface area contributed by atoms with E-state index in [2.05, 4.69) is 6.92 Å². The molecule has 0 aromatic heterocycles. The van der Waals surface area contributed by atoms with E-state index in [0.717, 1.165) is 29.9 Å². The molecule has 0 spiro atoms. The Morgan fingerprint density at radius 2 is 1.07 bits per heavy atom. The van der Waals surface area contributed by atoms with Crippen LogP contribution in [0.5, 0.6) is 11.5 Å². The van der Waals surface area contributed by atoms with Crippen molar-refractivity contribution in [3.63, 3.8) is 0 Å². The highest BCUT2D eigenvalue weighted by molar-refractivity contribution is 5.96. The van der Waals surface area contributed by atoms with Crippen molar-refractivity contribution in [2.45, 2.75) is 96.8 Å². The molecular weight excluding hydrogens is 368 g/mol. The van der Waals surface area contributed by atoms with Crippen LogP contribution in [0.1, 0.15) is 107 Å². The number of para-hydroxylation sites is 1. The zero-order chi connectivity index (χ0) is 21.3. The molecule has 164 valence electrons. The number of rotatable bonds is 17. The van der Waals surface area contributed by atoms with Gasteiger partial charge in [0.1, 0.15) is 11.5 Å². The number of ether oxygens (including phenoxy) is 1. The molecule has 2 aromatic carbocycles. The zero-order valence-corrected chi connectivity index (χ0v) is 18.9. The monoisotopic (exact) mass is 408 g/mol. The minimum atomic E-state index is 0.240. The summed E-state index contributed by atoms with van der Waals surface area (Å²) in [5.41, 5.74) is 0.786. The van der Waals surface area contributed by atoms with Crippen molar-refractivity contribution in [1.82, 2.24) is 0 Å². The molecule has 0 N–H and O–H groups in total. The first-order chi connectivity index (χ1) is 14.8. The molecule has 0 saturated carbocycles. The first-order valence-electron chi connectivity index (χ1n) is 12.2. The Kier molecular flexibility index (Phi) is 12.7. The third-order valence-electron chi connectivity index (χ3n) is 5.66. The number of carbonyl (C=O) groups excluding carboxylic acids is 1. The Labute approximate surface area is 184 Å². The first-order valence-corrected chi connectivity index (χ1v) is 12.2. The molecule has 0 bridgehead atoms. The molecule has 0 radical (unpaired) electrons. The smallest absolute Gasteiger partial charge is 0.162 e. The van der Waals surface area contributed by atoms with Gasteiger partial charge in [0.15, 0.2) is 5.78 Å². The van der Waals surface area contributed by atoms with Crippen molar-refractivity contribution in [3.8, 4) is 11.5 Å². The van der Waals surface area contributed by atoms with Gasteiger partial charge in [0.2, 0.25) is 0 Å². The zero-order valence-electron chi connectivity index (χ0n) is 18.9. The SMILES string of the molecule is CCCCCCCCCCCCCCCC(=O)c1ccc(Oc2ccccc2)cc1. The Balaban J connectivity index is 1.48. The lowest BCUT2D eigenvalue weighted by atomic mass is 10.0. The van der Waals surface area contributed by atoms with Crippen LogP contribution in [0.25, 0.3) is 0 Å². The molecule has 0 heterocycles. The van der Waals surface area contributed by atoms with E-state index < -0.39 is 0 Å². The first kappa shape index (κ1) is 24.2. The molecule has 0 saturated heterocycles. The molecule has 2 rings (SSSR count). The predicted molar refractivity (Wildman–Crippen MR) is 128 cm³/mol. The van der Waals surface area contributed by atoms with Crippen molar-refractivity contribution < 1.29 is 9.53 Å². The van der Waals surface area contributed by atoms with Gasteiger partial charge in [-0.15, -0.1) is 0 Å². The van der Waals surface area contributed by atoms with Crippen LogP contribution in [0.15, 0.2) is 54.6 Å². The summed E-state index contributed by atoms with van der Waals surface area (Å²) in [4.78, 5) is 12.4. The number of Topliss-reactive ketones (excluding diaryl/α,β-unsaturated/α-hetero) is 1. The fourth-order valence-electron chi connectivity index (χ4n) is 3.78. The number of hydrogen-bond acceptors (Lipinski definition) is 2. The number of benzene rings is 2. The van der Waals surface area contributed by atoms with Gasteiger partial charge in [-0.3, -0.25) is 4.79 Å². The minimum absolute atomic E-state index is 0.240. The van der Waals surface area contributed by atoms with Gasteiger partial charge in [-0.05, 0) is 42.8 Å². The van der Waals surface area contributed by atoms with Gasteiger partial charge in [0, 0.05) is 12.0 Å². The van der Waals surface area contributed by atoms with E-state index in [-0.39, 0.29) is 5.78 Å². The number of ketones is 1. The van der Waals surface area contributed by atoms with Gasteiger partial charge in [-0.1, -0.05) is 102 Å². The van der Waals surface area contributed by atoms with Crippen LogP contribution in [-0.4, -0.2) is 5.78 Å². The molecule has 2 heteroatoms. The third-order valence-corrected chi connectivity index (χ3v) is 5.66. The van der Waals surface area contributed by atoms with E-state index in [1.165, 1.54) is 70.6 Å². The molecule has 0 amide bonds. The second kappa shape index (κ2) is 15.7. The fourth-order valence-corrected chi connectivity index (χ4v) is 3.78. The van der Waals surface area contributed by atoms with Gasteiger partial charge in [0.05, 0.1) is 0 Å². The average Bonchev–Trinajstić information content (AvgIpc) is 2.78. The van der Waals surface area contributed by atoms with Gasteiger partial charge >= 0.3 is 0 Å². The van der Waals surface area contributed by atoms with Crippen molar-refractivity contribution >= 4 is 5.78 Å². The summed E-state index contributed by atoms with van der Waals surface area (Å²) in [7, 11) is 0. The molecular formula is C28H40O2. The Morgan fingerprint density at radius 1 is 0.600 bits per heavy atom. The van der Waals surface area contributed by atoms with Crippen LogP contribution in [-0.2, 0) is 0 Å². The Bertz CT molecular complexity index is 676. The van der Waals surface area contributed by atoms with Crippen molar-refractivity contribution in [2.24, 2.45) is 0 Å². The quantitative estimate of drug-likeness (QED) is 0.193. The number of unbranched alkanes of at least 4 members (excludes halogenated alkanes) is 12. The highest BCUT2D eigenvalue weighted by Gasteiger charge is 2.06. The maximum Gasteiger partial charge on any atom is 0.162 e. The lowest BCUT2D eigenvalue weighted by Gasteiger charge is -2.06. The molecule has 0 aliphatic carbocycles. The minimum Gasteiger partial charge on any atom is -0.457 e. The maximum atomic E-state index is 12.4. The van der Waals surface area contributed by atoms with Crippen LogP contribution in [0.4, 0.5) is 0 Å². The lowest BCUT2D eigenvalue weighted by Crippen LogP contribution is -1.98. The van der Waals surface area contributed by atoms with Gasteiger partial charge in [-0.25, -0.2) is 0 Å². The Morgan fingerprint density at radius 3 is 1.60 bits per heavy atom. The molecule has 2 nitrogen and oxygen atoms in total. The van der Waals surface area contributed by atoms with Crippen molar-refractivity contribution in [2.75, 3.05) is 0 Å². The van der Waals surface area contributed by atoms with Crippen LogP contribution >= 0.6 is 0 Å². The van der Waals surface area contributed by atoms with E-state index in [1.54, 1.807) is 0 Å². The topological polar surface area (TPSA) is 26.3 Å². The van der Waals surface area contributed by atoms with Crippen molar-refractivity contribution in [1.29, 1.82) is 0 Å². The summed E-state index contributed by atoms with van der Waals surface area (Å²) < 4.78 is 5.78. The van der Waals surface area contributed by atoms with Crippen LogP contribution in [0, 0.1) is 0 Å². The molecule has 0 unspecified atom stereocenters. The van der Waals surface area contributed by atoms with Gasteiger partial charge < -0.3 is 4.74 Å². The van der Waals surface area contributed by atoms with Crippen LogP contribution in [0.3, 0.4) is 0 Å². The standard InChI is InChI=1S/C28H40O2/c1-2-3-4-5-6-7-8-9-10-11-12-13-17-20-28(29)25-21-23-27(24-22-25)30-26-18-15-14-16-19-26/h14-16,18-19,21-24H,2-13,17,20H2,1H3. The second-order valence-electron chi connectivity index (χ2n) is 8.36. The fraction of sp³-hybridized carbons (Fsp3) is 0.536. The summed E-state index contributed by atoms with van der Waals surface area (Å²) in [5, 5.41) is 0. The van der Waals surface area contributed by atoms with Crippen molar-refractivity contribution in [3.05, 3.63) is 60.2 Å². The molecule has 0 aliphatic heterocycles. The molecule has 0 atom stereocenters. The van der Waals surface area contributed by atoms with E-state index >= 15 is 0 Å². The van der Waals surface area contributed by atoms with E-state index in [9.17, 15) is 4.79 Å². The normalized spacial score (nSPS) is 10.8. The lowest BCUT2D eigenvalue weighted by molar-refractivity contribution is 0.0979. The number of hydrogen-bond donors (Lipinski definition) is 0. The number of carbonyl (C=O) groups is 1. The Hall–Kier alpha value is -2.09. The average molecular weight is 409 g/mol. The van der Waals surface area contributed by atoms with Crippen LogP contribution < -0.4 is 4.74 Å².